The highest BCUT2D eigenvalue weighted by molar-refractivity contribution is 4.79. The lowest BCUT2D eigenvalue weighted by atomic mass is 9.92. The van der Waals surface area contributed by atoms with E-state index in [4.69, 9.17) is 0 Å². The molecule has 1 unspecified atom stereocenters. The van der Waals surface area contributed by atoms with Crippen LogP contribution in [0.3, 0.4) is 0 Å². The van der Waals surface area contributed by atoms with Gasteiger partial charge in [-0.1, -0.05) is 13.8 Å². The third-order valence-electron chi connectivity index (χ3n) is 3.57. The molecule has 0 spiro atoms. The molecule has 3 heteroatoms. The summed E-state index contributed by atoms with van der Waals surface area (Å²) in [4.78, 5) is 4.73. The van der Waals surface area contributed by atoms with Gasteiger partial charge in [-0.05, 0) is 58.9 Å². The van der Waals surface area contributed by atoms with Crippen LogP contribution in [-0.2, 0) is 0 Å². The molecule has 0 aromatic heterocycles. The molecule has 1 saturated heterocycles. The van der Waals surface area contributed by atoms with Gasteiger partial charge in [0.25, 0.3) is 0 Å². The molecular weight excluding hydrogens is 210 g/mol. The Morgan fingerprint density at radius 3 is 2.59 bits per heavy atom. The Hall–Kier alpha value is -0.120. The summed E-state index contributed by atoms with van der Waals surface area (Å²) in [5, 5.41) is 3.77. The van der Waals surface area contributed by atoms with Gasteiger partial charge in [-0.2, -0.15) is 0 Å². The minimum atomic E-state index is 0.363. The van der Waals surface area contributed by atoms with Crippen LogP contribution in [0.4, 0.5) is 0 Å². The van der Waals surface area contributed by atoms with Crippen LogP contribution < -0.4 is 5.32 Å². The first kappa shape index (κ1) is 14.9. The van der Waals surface area contributed by atoms with Crippen LogP contribution in [0, 0.1) is 5.41 Å². The summed E-state index contributed by atoms with van der Waals surface area (Å²) >= 11 is 0. The first-order valence-electron chi connectivity index (χ1n) is 6.96. The van der Waals surface area contributed by atoms with Gasteiger partial charge in [0.05, 0.1) is 0 Å². The van der Waals surface area contributed by atoms with E-state index in [0.29, 0.717) is 5.41 Å². The van der Waals surface area contributed by atoms with Crippen molar-refractivity contribution < 1.29 is 0 Å². The van der Waals surface area contributed by atoms with E-state index >= 15 is 0 Å². The lowest BCUT2D eigenvalue weighted by molar-refractivity contribution is 0.222. The second kappa shape index (κ2) is 6.72. The number of nitrogens with one attached hydrogen (secondary N) is 1. The number of hydrogen-bond donors (Lipinski definition) is 1. The second-order valence-corrected chi connectivity index (χ2v) is 6.71. The first-order valence-corrected chi connectivity index (χ1v) is 6.96. The molecule has 1 heterocycles. The van der Waals surface area contributed by atoms with E-state index in [1.807, 2.05) is 0 Å². The van der Waals surface area contributed by atoms with Crippen LogP contribution in [0.1, 0.15) is 33.1 Å². The number of rotatable bonds is 5. The topological polar surface area (TPSA) is 18.5 Å². The van der Waals surface area contributed by atoms with Gasteiger partial charge in [-0.15, -0.1) is 0 Å². The van der Waals surface area contributed by atoms with Crippen LogP contribution in [-0.4, -0.2) is 63.2 Å². The molecule has 17 heavy (non-hydrogen) atoms. The average Bonchev–Trinajstić information content (AvgIpc) is 2.38. The lowest BCUT2D eigenvalue weighted by Gasteiger charge is -2.30. The smallest absolute Gasteiger partial charge is 0.00799 e. The summed E-state index contributed by atoms with van der Waals surface area (Å²) in [6.45, 7) is 9.48. The van der Waals surface area contributed by atoms with Crippen molar-refractivity contribution in [1.82, 2.24) is 15.1 Å². The van der Waals surface area contributed by atoms with E-state index < -0.39 is 0 Å². The quantitative estimate of drug-likeness (QED) is 0.789. The van der Waals surface area contributed by atoms with Crippen molar-refractivity contribution in [2.75, 3.05) is 47.3 Å². The van der Waals surface area contributed by atoms with Gasteiger partial charge < -0.3 is 15.1 Å². The summed E-state index contributed by atoms with van der Waals surface area (Å²) in [5.74, 6) is 0. The zero-order valence-electron chi connectivity index (χ0n) is 12.4. The maximum atomic E-state index is 3.77. The Bertz CT molecular complexity index is 214. The van der Waals surface area contributed by atoms with Gasteiger partial charge >= 0.3 is 0 Å². The molecule has 0 amide bonds. The molecule has 1 rings (SSSR count). The fourth-order valence-corrected chi connectivity index (χ4v) is 2.78. The average molecular weight is 241 g/mol. The van der Waals surface area contributed by atoms with Crippen LogP contribution in [0.15, 0.2) is 0 Å². The summed E-state index contributed by atoms with van der Waals surface area (Å²) in [7, 11) is 6.54. The Balaban J connectivity index is 2.29. The predicted octanol–water partition coefficient (Wildman–Crippen LogP) is 1.65. The van der Waals surface area contributed by atoms with E-state index in [2.05, 4.69) is 50.1 Å². The van der Waals surface area contributed by atoms with E-state index in [-0.39, 0.29) is 0 Å². The van der Waals surface area contributed by atoms with Gasteiger partial charge in [0.1, 0.15) is 0 Å². The van der Waals surface area contributed by atoms with Crippen molar-refractivity contribution in [2.45, 2.75) is 39.2 Å². The standard InChI is InChI=1S/C14H31N3/c1-14(2,12-16(3)4)11-15-13-7-6-9-17(5)10-8-13/h13,15H,6-12H2,1-5H3. The maximum absolute atomic E-state index is 3.77. The van der Waals surface area contributed by atoms with Crippen molar-refractivity contribution in [3.63, 3.8) is 0 Å². The molecule has 1 aliphatic rings. The molecule has 0 aromatic rings. The van der Waals surface area contributed by atoms with E-state index in [1.54, 1.807) is 0 Å². The number of nitrogens with zero attached hydrogens (tertiary/aromatic N) is 2. The van der Waals surface area contributed by atoms with Gasteiger partial charge in [-0.25, -0.2) is 0 Å². The molecular formula is C14H31N3. The normalized spacial score (nSPS) is 24.0. The monoisotopic (exact) mass is 241 g/mol. The van der Waals surface area contributed by atoms with Crippen molar-refractivity contribution in [1.29, 1.82) is 0 Å². The molecule has 0 aliphatic carbocycles. The second-order valence-electron chi connectivity index (χ2n) is 6.71. The predicted molar refractivity (Wildman–Crippen MR) is 75.5 cm³/mol. The molecule has 102 valence electrons. The van der Waals surface area contributed by atoms with E-state index in [1.165, 1.54) is 32.4 Å². The Morgan fingerprint density at radius 2 is 1.94 bits per heavy atom. The fraction of sp³-hybridized carbons (Fsp3) is 1.00. The molecule has 0 aromatic carbocycles. The molecule has 1 aliphatic heterocycles. The first-order chi connectivity index (χ1) is 7.89. The van der Waals surface area contributed by atoms with Crippen LogP contribution >= 0.6 is 0 Å². The van der Waals surface area contributed by atoms with Crippen LogP contribution in [0.5, 0.6) is 0 Å². The Labute approximate surface area is 108 Å². The number of likely N-dealkylation sites (tertiary alicyclic amines) is 1. The highest BCUT2D eigenvalue weighted by Crippen LogP contribution is 2.16. The molecule has 0 saturated carbocycles. The van der Waals surface area contributed by atoms with Crippen molar-refractivity contribution in [3.05, 3.63) is 0 Å². The van der Waals surface area contributed by atoms with Crippen molar-refractivity contribution in [2.24, 2.45) is 5.41 Å². The zero-order valence-corrected chi connectivity index (χ0v) is 12.4. The van der Waals surface area contributed by atoms with Crippen LogP contribution in [0.2, 0.25) is 0 Å². The van der Waals surface area contributed by atoms with Crippen molar-refractivity contribution in [3.8, 4) is 0 Å². The molecule has 0 bridgehead atoms. The zero-order chi connectivity index (χ0) is 12.9. The van der Waals surface area contributed by atoms with Gasteiger partial charge in [0.15, 0.2) is 0 Å². The van der Waals surface area contributed by atoms with Gasteiger partial charge in [0, 0.05) is 19.1 Å². The molecule has 1 atom stereocenters. The van der Waals surface area contributed by atoms with E-state index in [0.717, 1.165) is 19.1 Å². The fourth-order valence-electron chi connectivity index (χ4n) is 2.78. The maximum Gasteiger partial charge on any atom is 0.00799 e. The Morgan fingerprint density at radius 1 is 1.24 bits per heavy atom. The SMILES string of the molecule is CN(C)CC(C)(C)CNC1CCCN(C)CC1. The summed E-state index contributed by atoms with van der Waals surface area (Å²) in [5.41, 5.74) is 0.363. The molecule has 0 radical (unpaired) electrons. The summed E-state index contributed by atoms with van der Waals surface area (Å²) < 4.78 is 0. The minimum absolute atomic E-state index is 0.363. The summed E-state index contributed by atoms with van der Waals surface area (Å²) in [6, 6.07) is 0.724. The largest absolute Gasteiger partial charge is 0.313 e. The summed E-state index contributed by atoms with van der Waals surface area (Å²) in [6.07, 6.45) is 3.97. The third-order valence-corrected chi connectivity index (χ3v) is 3.57. The highest BCUT2D eigenvalue weighted by Gasteiger charge is 2.21. The number of hydrogen-bond acceptors (Lipinski definition) is 3. The van der Waals surface area contributed by atoms with Gasteiger partial charge in [0.2, 0.25) is 0 Å². The van der Waals surface area contributed by atoms with Crippen LogP contribution in [0.25, 0.3) is 0 Å². The third kappa shape index (κ3) is 6.39. The molecule has 3 nitrogen and oxygen atoms in total. The molecule has 1 fully saturated rings. The van der Waals surface area contributed by atoms with E-state index in [9.17, 15) is 0 Å². The Kier molecular flexibility index (Phi) is 5.90. The lowest BCUT2D eigenvalue weighted by Crippen LogP contribution is -2.42. The highest BCUT2D eigenvalue weighted by atomic mass is 15.1. The van der Waals surface area contributed by atoms with Gasteiger partial charge in [-0.3, -0.25) is 0 Å². The van der Waals surface area contributed by atoms with Crippen molar-refractivity contribution >= 4 is 0 Å². The minimum Gasteiger partial charge on any atom is -0.313 e. The molecule has 1 N–H and O–H groups in total.